The second kappa shape index (κ2) is 4.66. The molecule has 3 rings (SSSR count). The van der Waals surface area contributed by atoms with E-state index in [0.717, 1.165) is 30.5 Å². The van der Waals surface area contributed by atoms with Gasteiger partial charge in [0.05, 0.1) is 0 Å². The number of hydrogen-bond donors (Lipinski definition) is 1. The van der Waals surface area contributed by atoms with Crippen LogP contribution in [-0.4, -0.2) is 30.1 Å². The van der Waals surface area contributed by atoms with E-state index in [1.807, 2.05) is 0 Å². The summed E-state index contributed by atoms with van der Waals surface area (Å²) in [7, 11) is 0. The van der Waals surface area contributed by atoms with Gasteiger partial charge in [-0.05, 0) is 43.9 Å². The van der Waals surface area contributed by atoms with E-state index in [0.29, 0.717) is 0 Å². The summed E-state index contributed by atoms with van der Waals surface area (Å²) in [4.78, 5) is 2.80. The lowest BCUT2D eigenvalue weighted by Crippen LogP contribution is -2.49. The van der Waals surface area contributed by atoms with Gasteiger partial charge in [-0.1, -0.05) is 19.3 Å². The first kappa shape index (κ1) is 11.0. The normalized spacial score (nSPS) is 38.1. The minimum Gasteiger partial charge on any atom is -0.329 e. The molecule has 0 radical (unpaired) electrons. The van der Waals surface area contributed by atoms with Crippen LogP contribution in [-0.2, 0) is 0 Å². The zero-order chi connectivity index (χ0) is 11.0. The summed E-state index contributed by atoms with van der Waals surface area (Å²) >= 11 is 0. The fourth-order valence-electron chi connectivity index (χ4n) is 4.49. The fourth-order valence-corrected chi connectivity index (χ4v) is 4.49. The fraction of sp³-hybridized carbons (Fsp3) is 1.00. The van der Waals surface area contributed by atoms with Crippen LogP contribution >= 0.6 is 0 Å². The van der Waals surface area contributed by atoms with Crippen LogP contribution in [0.15, 0.2) is 0 Å². The molecule has 0 spiro atoms. The molecule has 92 valence electrons. The molecule has 2 saturated carbocycles. The Morgan fingerprint density at radius 2 is 1.88 bits per heavy atom. The van der Waals surface area contributed by atoms with Gasteiger partial charge in [0.25, 0.3) is 0 Å². The maximum absolute atomic E-state index is 6.07. The molecule has 1 heterocycles. The van der Waals surface area contributed by atoms with Crippen LogP contribution in [0.25, 0.3) is 0 Å². The smallest absolute Gasteiger partial charge is 0.0249 e. The predicted octanol–water partition coefficient (Wildman–Crippen LogP) is 2.38. The molecule has 2 aliphatic carbocycles. The summed E-state index contributed by atoms with van der Waals surface area (Å²) in [5.41, 5.74) is 6.07. The Bertz CT molecular complexity index is 235. The van der Waals surface area contributed by atoms with E-state index in [4.69, 9.17) is 5.73 Å². The Balaban J connectivity index is 1.65. The van der Waals surface area contributed by atoms with Crippen LogP contribution < -0.4 is 5.73 Å². The third-order valence-corrected chi connectivity index (χ3v) is 5.31. The number of nitrogens with two attached hydrogens (primary N) is 1. The van der Waals surface area contributed by atoms with E-state index < -0.39 is 0 Å². The summed E-state index contributed by atoms with van der Waals surface area (Å²) in [5.74, 6) is 1.93. The third-order valence-electron chi connectivity index (χ3n) is 5.31. The van der Waals surface area contributed by atoms with Gasteiger partial charge in [0.2, 0.25) is 0 Å². The van der Waals surface area contributed by atoms with Gasteiger partial charge < -0.3 is 5.73 Å². The van der Waals surface area contributed by atoms with Crippen molar-refractivity contribution in [1.82, 2.24) is 4.90 Å². The average molecular weight is 222 g/mol. The second-order valence-electron chi connectivity index (χ2n) is 6.23. The first-order valence-electron chi connectivity index (χ1n) is 7.34. The standard InChI is InChI=1S/C14H26N2/c15-9-14(12-4-2-1-3-5-12)16-10-11-6-7-13(16)8-11/h11-14H,1-10,15H2. The molecule has 0 aromatic heterocycles. The highest BCUT2D eigenvalue weighted by Crippen LogP contribution is 2.41. The number of rotatable bonds is 3. The van der Waals surface area contributed by atoms with Crippen LogP contribution in [0.5, 0.6) is 0 Å². The lowest BCUT2D eigenvalue weighted by atomic mass is 9.82. The molecular weight excluding hydrogens is 196 g/mol. The predicted molar refractivity (Wildman–Crippen MR) is 67.3 cm³/mol. The van der Waals surface area contributed by atoms with Crippen molar-refractivity contribution < 1.29 is 0 Å². The first-order chi connectivity index (χ1) is 7.88. The largest absolute Gasteiger partial charge is 0.329 e. The monoisotopic (exact) mass is 222 g/mol. The molecule has 3 atom stereocenters. The topological polar surface area (TPSA) is 29.3 Å². The molecule has 0 amide bonds. The van der Waals surface area contributed by atoms with Gasteiger partial charge in [0.1, 0.15) is 0 Å². The quantitative estimate of drug-likeness (QED) is 0.794. The minimum absolute atomic E-state index is 0.718. The van der Waals surface area contributed by atoms with Gasteiger partial charge in [0, 0.05) is 25.2 Å². The summed E-state index contributed by atoms with van der Waals surface area (Å²) in [6.45, 7) is 2.26. The van der Waals surface area contributed by atoms with Crippen LogP contribution in [0.4, 0.5) is 0 Å². The van der Waals surface area contributed by atoms with Crippen molar-refractivity contribution in [3.63, 3.8) is 0 Å². The molecular formula is C14H26N2. The Kier molecular flexibility index (Phi) is 3.21. The van der Waals surface area contributed by atoms with Gasteiger partial charge in [-0.3, -0.25) is 4.90 Å². The van der Waals surface area contributed by atoms with Gasteiger partial charge in [0.15, 0.2) is 0 Å². The average Bonchev–Trinajstić information content (AvgIpc) is 2.94. The molecule has 2 bridgehead atoms. The number of likely N-dealkylation sites (tertiary alicyclic amines) is 1. The molecule has 3 aliphatic rings. The highest BCUT2D eigenvalue weighted by molar-refractivity contribution is 4.97. The summed E-state index contributed by atoms with van der Waals surface area (Å²) in [5, 5.41) is 0. The van der Waals surface area contributed by atoms with Crippen molar-refractivity contribution in [2.75, 3.05) is 13.1 Å². The van der Waals surface area contributed by atoms with Gasteiger partial charge in [-0.15, -0.1) is 0 Å². The van der Waals surface area contributed by atoms with Crippen LogP contribution in [0, 0.1) is 11.8 Å². The van der Waals surface area contributed by atoms with Crippen LogP contribution in [0.2, 0.25) is 0 Å². The minimum atomic E-state index is 0.718. The zero-order valence-electron chi connectivity index (χ0n) is 10.4. The maximum atomic E-state index is 6.07. The zero-order valence-corrected chi connectivity index (χ0v) is 10.4. The van der Waals surface area contributed by atoms with Crippen molar-refractivity contribution in [1.29, 1.82) is 0 Å². The number of fused-ring (bicyclic) bond motifs is 2. The Labute approximate surface area is 99.6 Å². The molecule has 1 saturated heterocycles. The molecule has 3 unspecified atom stereocenters. The number of nitrogens with zero attached hydrogens (tertiary/aromatic N) is 1. The molecule has 1 aliphatic heterocycles. The number of hydrogen-bond acceptors (Lipinski definition) is 2. The first-order valence-corrected chi connectivity index (χ1v) is 7.34. The Hall–Kier alpha value is -0.0800. The highest BCUT2D eigenvalue weighted by atomic mass is 15.2. The summed E-state index contributed by atoms with van der Waals surface area (Å²) < 4.78 is 0. The molecule has 16 heavy (non-hydrogen) atoms. The third kappa shape index (κ3) is 1.91. The van der Waals surface area contributed by atoms with Gasteiger partial charge >= 0.3 is 0 Å². The van der Waals surface area contributed by atoms with Crippen LogP contribution in [0.1, 0.15) is 51.4 Å². The van der Waals surface area contributed by atoms with E-state index in [1.165, 1.54) is 57.9 Å². The van der Waals surface area contributed by atoms with E-state index in [2.05, 4.69) is 4.90 Å². The lowest BCUT2D eigenvalue weighted by molar-refractivity contribution is 0.0911. The van der Waals surface area contributed by atoms with E-state index in [9.17, 15) is 0 Å². The molecule has 0 aromatic rings. The van der Waals surface area contributed by atoms with Crippen molar-refractivity contribution in [3.05, 3.63) is 0 Å². The number of piperidine rings is 1. The van der Waals surface area contributed by atoms with Crippen LogP contribution in [0.3, 0.4) is 0 Å². The molecule has 2 heteroatoms. The second-order valence-corrected chi connectivity index (χ2v) is 6.23. The SMILES string of the molecule is NCC(C1CCCCC1)N1CC2CCC1C2. The highest BCUT2D eigenvalue weighted by Gasteiger charge is 2.42. The van der Waals surface area contributed by atoms with Crippen molar-refractivity contribution in [2.24, 2.45) is 17.6 Å². The van der Waals surface area contributed by atoms with Crippen molar-refractivity contribution >= 4 is 0 Å². The molecule has 2 nitrogen and oxygen atoms in total. The molecule has 3 fully saturated rings. The Morgan fingerprint density at radius 3 is 2.44 bits per heavy atom. The van der Waals surface area contributed by atoms with Gasteiger partial charge in [-0.25, -0.2) is 0 Å². The lowest BCUT2D eigenvalue weighted by Gasteiger charge is -2.40. The van der Waals surface area contributed by atoms with Crippen molar-refractivity contribution in [2.45, 2.75) is 63.5 Å². The molecule has 2 N–H and O–H groups in total. The Morgan fingerprint density at radius 1 is 1.06 bits per heavy atom. The molecule has 0 aromatic carbocycles. The maximum Gasteiger partial charge on any atom is 0.0249 e. The van der Waals surface area contributed by atoms with Crippen molar-refractivity contribution in [3.8, 4) is 0 Å². The van der Waals surface area contributed by atoms with E-state index in [-0.39, 0.29) is 0 Å². The summed E-state index contributed by atoms with van der Waals surface area (Å²) in [6, 6.07) is 1.62. The van der Waals surface area contributed by atoms with Gasteiger partial charge in [-0.2, -0.15) is 0 Å². The summed E-state index contributed by atoms with van der Waals surface area (Å²) in [6.07, 6.45) is 11.7. The van der Waals surface area contributed by atoms with E-state index in [1.54, 1.807) is 0 Å². The van der Waals surface area contributed by atoms with E-state index >= 15 is 0 Å².